The Bertz CT molecular complexity index is 655. The highest BCUT2D eigenvalue weighted by molar-refractivity contribution is 9.10. The van der Waals surface area contributed by atoms with Crippen molar-refractivity contribution >= 4 is 33.6 Å². The van der Waals surface area contributed by atoms with Gasteiger partial charge in [-0.2, -0.15) is 0 Å². The zero-order valence-electron chi connectivity index (χ0n) is 11.8. The Morgan fingerprint density at radius 1 is 1.14 bits per heavy atom. The van der Waals surface area contributed by atoms with Gasteiger partial charge in [0.05, 0.1) is 0 Å². The third kappa shape index (κ3) is 4.11. The van der Waals surface area contributed by atoms with Crippen molar-refractivity contribution in [3.63, 3.8) is 0 Å². The lowest BCUT2D eigenvalue weighted by Gasteiger charge is -2.17. The standard InChI is InChI=1S/C17H15BrFNOS/c18-12-3-9-15(10-4-12)22-16(17(21)20-14-7-8-14)11-1-5-13(19)6-2-11/h1-6,9-10,14,16H,7-8H2,(H,20,21). The van der Waals surface area contributed by atoms with E-state index in [9.17, 15) is 9.18 Å². The summed E-state index contributed by atoms with van der Waals surface area (Å²) < 4.78 is 14.1. The number of thioether (sulfide) groups is 1. The molecule has 1 N–H and O–H groups in total. The molecule has 3 rings (SSSR count). The molecular formula is C17H15BrFNOS. The summed E-state index contributed by atoms with van der Waals surface area (Å²) in [6.07, 6.45) is 2.09. The SMILES string of the molecule is O=C(NC1CC1)C(Sc1ccc(Br)cc1)c1ccc(F)cc1. The molecule has 0 aromatic heterocycles. The summed E-state index contributed by atoms with van der Waals surface area (Å²) in [5.41, 5.74) is 0.812. The van der Waals surface area contributed by atoms with Crippen LogP contribution in [-0.4, -0.2) is 11.9 Å². The van der Waals surface area contributed by atoms with Gasteiger partial charge in [-0.15, -0.1) is 11.8 Å². The average molecular weight is 380 g/mol. The van der Waals surface area contributed by atoms with Crippen molar-refractivity contribution in [2.45, 2.75) is 29.0 Å². The monoisotopic (exact) mass is 379 g/mol. The minimum atomic E-state index is -0.373. The first kappa shape index (κ1) is 15.6. The van der Waals surface area contributed by atoms with Crippen molar-refractivity contribution in [2.75, 3.05) is 0 Å². The zero-order valence-corrected chi connectivity index (χ0v) is 14.2. The van der Waals surface area contributed by atoms with Crippen LogP contribution < -0.4 is 5.32 Å². The quantitative estimate of drug-likeness (QED) is 0.762. The molecule has 0 saturated heterocycles. The number of benzene rings is 2. The number of hydrogen-bond acceptors (Lipinski definition) is 2. The Balaban J connectivity index is 1.82. The summed E-state index contributed by atoms with van der Waals surface area (Å²) >= 11 is 4.88. The molecule has 0 spiro atoms. The second kappa shape index (κ2) is 6.84. The van der Waals surface area contributed by atoms with Crippen molar-refractivity contribution in [3.8, 4) is 0 Å². The molecule has 22 heavy (non-hydrogen) atoms. The first-order chi connectivity index (χ1) is 10.6. The molecule has 1 amide bonds. The van der Waals surface area contributed by atoms with Gasteiger partial charge < -0.3 is 5.32 Å². The number of hydrogen-bond donors (Lipinski definition) is 1. The van der Waals surface area contributed by atoms with E-state index in [1.165, 1.54) is 23.9 Å². The molecule has 2 aromatic rings. The molecule has 1 atom stereocenters. The predicted octanol–water partition coefficient (Wildman–Crippen LogP) is 4.70. The molecule has 114 valence electrons. The highest BCUT2D eigenvalue weighted by Crippen LogP contribution is 2.36. The molecule has 1 aliphatic rings. The third-order valence-corrected chi connectivity index (χ3v) is 5.20. The van der Waals surface area contributed by atoms with Crippen LogP contribution in [0.2, 0.25) is 0 Å². The minimum Gasteiger partial charge on any atom is -0.352 e. The highest BCUT2D eigenvalue weighted by Gasteiger charge is 2.29. The largest absolute Gasteiger partial charge is 0.352 e. The van der Waals surface area contributed by atoms with Crippen LogP contribution in [0.3, 0.4) is 0 Å². The van der Waals surface area contributed by atoms with E-state index in [0.29, 0.717) is 6.04 Å². The maximum atomic E-state index is 13.1. The van der Waals surface area contributed by atoms with E-state index >= 15 is 0 Å². The first-order valence-corrected chi connectivity index (χ1v) is 8.77. The molecule has 2 aromatic carbocycles. The lowest BCUT2D eigenvalue weighted by molar-refractivity contribution is -0.120. The van der Waals surface area contributed by atoms with E-state index in [4.69, 9.17) is 0 Å². The molecule has 0 heterocycles. The van der Waals surface area contributed by atoms with Crippen LogP contribution >= 0.6 is 27.7 Å². The van der Waals surface area contributed by atoms with E-state index in [1.54, 1.807) is 12.1 Å². The third-order valence-electron chi connectivity index (χ3n) is 3.40. The Kier molecular flexibility index (Phi) is 4.84. The summed E-state index contributed by atoms with van der Waals surface area (Å²) in [7, 11) is 0. The van der Waals surface area contributed by atoms with E-state index in [0.717, 1.165) is 27.8 Å². The maximum Gasteiger partial charge on any atom is 0.238 e. The fourth-order valence-corrected chi connectivity index (χ4v) is 3.36. The van der Waals surface area contributed by atoms with Crippen LogP contribution in [0.25, 0.3) is 0 Å². The van der Waals surface area contributed by atoms with Gasteiger partial charge in [0.15, 0.2) is 0 Å². The summed E-state index contributed by atoms with van der Waals surface area (Å²) in [4.78, 5) is 13.5. The van der Waals surface area contributed by atoms with Gasteiger partial charge >= 0.3 is 0 Å². The molecule has 1 saturated carbocycles. The van der Waals surface area contributed by atoms with Crippen molar-refractivity contribution in [1.82, 2.24) is 5.32 Å². The summed E-state index contributed by atoms with van der Waals surface area (Å²) in [6, 6.07) is 14.3. The predicted molar refractivity (Wildman–Crippen MR) is 90.3 cm³/mol. The van der Waals surface area contributed by atoms with Gasteiger partial charge in [0, 0.05) is 15.4 Å². The number of rotatable bonds is 5. The van der Waals surface area contributed by atoms with Gasteiger partial charge in [-0.25, -0.2) is 4.39 Å². The van der Waals surface area contributed by atoms with Crippen LogP contribution in [-0.2, 0) is 4.79 Å². The van der Waals surface area contributed by atoms with Crippen LogP contribution in [0.5, 0.6) is 0 Å². The Labute approximate surface area is 141 Å². The average Bonchev–Trinajstić information content (AvgIpc) is 3.31. The fourth-order valence-electron chi connectivity index (χ4n) is 2.06. The molecule has 2 nitrogen and oxygen atoms in total. The van der Waals surface area contributed by atoms with Gasteiger partial charge in [0.1, 0.15) is 11.1 Å². The van der Waals surface area contributed by atoms with E-state index in [2.05, 4.69) is 21.2 Å². The topological polar surface area (TPSA) is 29.1 Å². The molecule has 1 fully saturated rings. The molecule has 1 aliphatic carbocycles. The first-order valence-electron chi connectivity index (χ1n) is 7.10. The van der Waals surface area contributed by atoms with Gasteiger partial charge in [-0.05, 0) is 54.8 Å². The number of carbonyl (C=O) groups excluding carboxylic acids is 1. The van der Waals surface area contributed by atoms with Crippen LogP contribution in [0.4, 0.5) is 4.39 Å². The lowest BCUT2D eigenvalue weighted by Crippen LogP contribution is -2.29. The van der Waals surface area contributed by atoms with Gasteiger partial charge in [0.2, 0.25) is 5.91 Å². The highest BCUT2D eigenvalue weighted by atomic mass is 79.9. The normalized spacial score (nSPS) is 15.4. The van der Waals surface area contributed by atoms with E-state index in [1.807, 2.05) is 24.3 Å². The molecular weight excluding hydrogens is 365 g/mol. The van der Waals surface area contributed by atoms with Crippen molar-refractivity contribution in [2.24, 2.45) is 0 Å². The molecule has 0 radical (unpaired) electrons. The van der Waals surface area contributed by atoms with E-state index < -0.39 is 0 Å². The van der Waals surface area contributed by atoms with Crippen molar-refractivity contribution < 1.29 is 9.18 Å². The molecule has 0 bridgehead atoms. The second-order valence-corrected chi connectivity index (χ2v) is 7.38. The second-order valence-electron chi connectivity index (χ2n) is 5.29. The zero-order chi connectivity index (χ0) is 15.5. The number of amides is 1. The number of halogens is 2. The van der Waals surface area contributed by atoms with Crippen molar-refractivity contribution in [3.05, 3.63) is 64.4 Å². The van der Waals surface area contributed by atoms with Crippen LogP contribution in [0.15, 0.2) is 57.9 Å². The molecule has 1 unspecified atom stereocenters. The van der Waals surface area contributed by atoms with Gasteiger partial charge in [0.25, 0.3) is 0 Å². The summed E-state index contributed by atoms with van der Waals surface area (Å²) in [5.74, 6) is -0.305. The van der Waals surface area contributed by atoms with Crippen LogP contribution in [0.1, 0.15) is 23.7 Å². The minimum absolute atomic E-state index is 0.0120. The fraction of sp³-hybridized carbons (Fsp3) is 0.235. The summed E-state index contributed by atoms with van der Waals surface area (Å²) in [6.45, 7) is 0. The lowest BCUT2D eigenvalue weighted by atomic mass is 10.1. The Morgan fingerprint density at radius 3 is 2.36 bits per heavy atom. The molecule has 5 heteroatoms. The van der Waals surface area contributed by atoms with E-state index in [-0.39, 0.29) is 17.0 Å². The molecule has 0 aliphatic heterocycles. The number of nitrogens with one attached hydrogen (secondary N) is 1. The Morgan fingerprint density at radius 2 is 1.77 bits per heavy atom. The summed E-state index contributed by atoms with van der Waals surface area (Å²) in [5, 5.41) is 2.66. The number of carbonyl (C=O) groups is 1. The Hall–Kier alpha value is -1.33. The smallest absolute Gasteiger partial charge is 0.238 e. The van der Waals surface area contributed by atoms with Gasteiger partial charge in [-0.1, -0.05) is 28.1 Å². The van der Waals surface area contributed by atoms with Crippen LogP contribution in [0, 0.1) is 5.82 Å². The van der Waals surface area contributed by atoms with Crippen molar-refractivity contribution in [1.29, 1.82) is 0 Å². The maximum absolute atomic E-state index is 13.1. The van der Waals surface area contributed by atoms with Gasteiger partial charge in [-0.3, -0.25) is 4.79 Å².